The molecule has 5 rings (SSSR count). The van der Waals surface area contributed by atoms with E-state index in [-0.39, 0.29) is 31.3 Å². The lowest BCUT2D eigenvalue weighted by atomic mass is 9.52. The first-order valence-corrected chi connectivity index (χ1v) is 17.3. The van der Waals surface area contributed by atoms with Crippen molar-refractivity contribution in [3.63, 3.8) is 0 Å². The van der Waals surface area contributed by atoms with Crippen molar-refractivity contribution in [3.8, 4) is 0 Å². The largest absolute Gasteiger partial charge is 0.392 e. The van der Waals surface area contributed by atoms with Gasteiger partial charge in [0, 0.05) is 17.8 Å². The molecule has 0 radical (unpaired) electrons. The summed E-state index contributed by atoms with van der Waals surface area (Å²) in [5, 5.41) is 11.3. The van der Waals surface area contributed by atoms with Crippen molar-refractivity contribution in [2.24, 2.45) is 34.8 Å². The summed E-state index contributed by atoms with van der Waals surface area (Å²) in [4.78, 5) is 0. The Hall–Kier alpha value is 0.270. The molecule has 3 aliphatic heterocycles. The van der Waals surface area contributed by atoms with Crippen molar-refractivity contribution in [3.05, 3.63) is 0 Å². The predicted molar refractivity (Wildman–Crippen MR) is 151 cm³/mol. The molecule has 3 N–H and O–H groups in total. The Balaban J connectivity index is 1.40. The van der Waals surface area contributed by atoms with Gasteiger partial charge in [-0.05, 0) is 117 Å². The topological polar surface area (TPSA) is 64.7 Å². The van der Waals surface area contributed by atoms with Gasteiger partial charge in [0.1, 0.15) is 0 Å². The lowest BCUT2D eigenvalue weighted by Gasteiger charge is -2.59. The van der Waals surface area contributed by atoms with Crippen LogP contribution in [0.2, 0.25) is 0 Å². The first kappa shape index (κ1) is 27.8. The van der Waals surface area contributed by atoms with Crippen LogP contribution in [0.15, 0.2) is 0 Å². The molecule has 5 heteroatoms. The van der Waals surface area contributed by atoms with Crippen LogP contribution < -0.4 is 5.73 Å². The molecule has 5 aliphatic rings. The van der Waals surface area contributed by atoms with Crippen LogP contribution in [0, 0.1) is 29.1 Å². The smallest absolute Gasteiger partial charge is 0.157 e. The van der Waals surface area contributed by atoms with Crippen molar-refractivity contribution in [1.82, 2.24) is 0 Å². The number of ether oxygens (including phenoxy) is 2. The maximum Gasteiger partial charge on any atom is 0.157 e. The van der Waals surface area contributed by atoms with E-state index in [1.165, 1.54) is 83.2 Å². The van der Waals surface area contributed by atoms with Crippen LogP contribution in [-0.4, -0.2) is 53.2 Å². The summed E-state index contributed by atoms with van der Waals surface area (Å²) in [6.45, 7) is 11.6. The average molecular weight is 522 g/mol. The van der Waals surface area contributed by atoms with Gasteiger partial charge in [-0.1, -0.05) is 48.5 Å². The van der Waals surface area contributed by atoms with Gasteiger partial charge in [-0.2, -0.15) is 0 Å². The Morgan fingerprint density at radius 1 is 1.00 bits per heavy atom. The molecule has 0 aromatic rings. The highest BCUT2D eigenvalue weighted by atomic mass is 31.1. The molecule has 5 fully saturated rings. The number of nitrogens with two attached hydrogens (primary N) is 1. The summed E-state index contributed by atoms with van der Waals surface area (Å²) in [5.74, 6) is 2.60. The van der Waals surface area contributed by atoms with Gasteiger partial charge in [0.15, 0.2) is 6.29 Å². The molecule has 5 unspecified atom stereocenters. The van der Waals surface area contributed by atoms with E-state index < -0.39 is 0 Å². The third-order valence-corrected chi connectivity index (χ3v) is 16.2. The molecule has 0 bridgehead atoms. The number of fused-ring (bicyclic) bond motifs is 4. The lowest BCUT2D eigenvalue weighted by molar-refractivity contribution is -0.192. The van der Waals surface area contributed by atoms with Crippen LogP contribution in [-0.2, 0) is 9.47 Å². The normalized spacial score (nSPS) is 52.2. The maximum atomic E-state index is 10.9. The summed E-state index contributed by atoms with van der Waals surface area (Å²) >= 11 is 0. The third-order valence-electron chi connectivity index (χ3n) is 12.1. The van der Waals surface area contributed by atoms with Gasteiger partial charge < -0.3 is 20.3 Å². The SMILES string of the molecule is CCC1CC[C@@]2(N)C(CC[C@@]3(COC4CCCCO4)CCCC32)[C@H](C)CP2[C@@H](C)[C@@H](O)CC[C@]2(C)C1. The average Bonchev–Trinajstić information content (AvgIpc) is 3.32. The molecule has 11 atom stereocenters. The van der Waals surface area contributed by atoms with E-state index in [0.717, 1.165) is 32.0 Å². The second-order valence-corrected chi connectivity index (χ2v) is 17.4. The monoisotopic (exact) mass is 521 g/mol. The minimum absolute atomic E-state index is 0.00737. The molecule has 208 valence electrons. The molecular formula is C31H56NO3P. The number of hydrogen-bond donors (Lipinski definition) is 2. The fourth-order valence-corrected chi connectivity index (χ4v) is 14.0. The standard InChI is InChI=1S/C31H56NO3P/c1-5-24-11-17-31(32)25(22(2)20-36-23(3)26(33)13-15-29(36,4)19-24)12-16-30(14-8-9-27(30)31)21-35-28-10-6-7-18-34-28/h22-28,33H,5-21,32H2,1-4H3/t22-,23+,24?,25?,26+,27?,28?,29-,30-,31-,36?/m1/s1. The number of rotatable bonds is 4. The zero-order valence-electron chi connectivity index (χ0n) is 23.9. The van der Waals surface area contributed by atoms with E-state index in [1.807, 2.05) is 0 Å². The zero-order chi connectivity index (χ0) is 25.6. The zero-order valence-corrected chi connectivity index (χ0v) is 24.7. The van der Waals surface area contributed by atoms with Gasteiger partial charge in [0.25, 0.3) is 0 Å². The van der Waals surface area contributed by atoms with Gasteiger partial charge in [0.2, 0.25) is 0 Å². The molecule has 0 aromatic carbocycles. The molecule has 2 aliphatic carbocycles. The van der Waals surface area contributed by atoms with Crippen LogP contribution in [0.1, 0.15) is 118 Å². The molecule has 2 saturated carbocycles. The molecule has 0 aromatic heterocycles. The van der Waals surface area contributed by atoms with Crippen LogP contribution in [0.25, 0.3) is 0 Å². The van der Waals surface area contributed by atoms with E-state index in [0.29, 0.717) is 28.6 Å². The Morgan fingerprint density at radius 2 is 1.83 bits per heavy atom. The van der Waals surface area contributed by atoms with Gasteiger partial charge >= 0.3 is 0 Å². The molecular weight excluding hydrogens is 465 g/mol. The van der Waals surface area contributed by atoms with Crippen LogP contribution in [0.4, 0.5) is 0 Å². The third kappa shape index (κ3) is 5.10. The Labute approximate surface area is 223 Å². The van der Waals surface area contributed by atoms with Crippen molar-refractivity contribution < 1.29 is 14.6 Å². The Kier molecular flexibility index (Phi) is 8.53. The first-order chi connectivity index (χ1) is 17.2. The summed E-state index contributed by atoms with van der Waals surface area (Å²) in [7, 11) is -0.217. The van der Waals surface area contributed by atoms with Crippen molar-refractivity contribution in [1.29, 1.82) is 0 Å². The maximum absolute atomic E-state index is 10.9. The second kappa shape index (κ2) is 11.0. The minimum atomic E-state index is -0.217. The summed E-state index contributed by atoms with van der Waals surface area (Å²) < 4.78 is 12.5. The molecule has 3 saturated heterocycles. The first-order valence-electron chi connectivity index (χ1n) is 15.7. The lowest BCUT2D eigenvalue weighted by Crippen LogP contribution is -2.63. The highest BCUT2D eigenvalue weighted by molar-refractivity contribution is 7.60. The van der Waals surface area contributed by atoms with Gasteiger partial charge in [-0.15, -0.1) is 0 Å². The van der Waals surface area contributed by atoms with E-state index in [9.17, 15) is 5.11 Å². The highest BCUT2D eigenvalue weighted by Crippen LogP contribution is 2.67. The summed E-state index contributed by atoms with van der Waals surface area (Å²) in [6, 6.07) is 0. The summed E-state index contributed by atoms with van der Waals surface area (Å²) in [6.07, 6.45) is 18.4. The molecule has 0 spiro atoms. The fourth-order valence-electron chi connectivity index (χ4n) is 9.88. The Bertz CT molecular complexity index is 745. The minimum Gasteiger partial charge on any atom is -0.392 e. The number of hydrogen-bond acceptors (Lipinski definition) is 4. The van der Waals surface area contributed by atoms with E-state index in [2.05, 4.69) is 27.7 Å². The van der Waals surface area contributed by atoms with Crippen LogP contribution in [0.5, 0.6) is 0 Å². The fraction of sp³-hybridized carbons (Fsp3) is 1.00. The molecule has 3 heterocycles. The van der Waals surface area contributed by atoms with Gasteiger partial charge in [0.05, 0.1) is 12.7 Å². The summed E-state index contributed by atoms with van der Waals surface area (Å²) in [5.41, 5.74) is 8.42. The highest BCUT2D eigenvalue weighted by Gasteiger charge is 2.59. The van der Waals surface area contributed by atoms with E-state index >= 15 is 0 Å². The second-order valence-electron chi connectivity index (χ2n) is 14.2. The van der Waals surface area contributed by atoms with Crippen molar-refractivity contribution in [2.75, 3.05) is 19.4 Å². The Morgan fingerprint density at radius 3 is 2.58 bits per heavy atom. The van der Waals surface area contributed by atoms with Crippen LogP contribution in [0.3, 0.4) is 0 Å². The number of aliphatic hydroxyl groups excluding tert-OH is 1. The molecule has 36 heavy (non-hydrogen) atoms. The molecule has 0 amide bonds. The van der Waals surface area contributed by atoms with Crippen LogP contribution >= 0.6 is 7.92 Å². The van der Waals surface area contributed by atoms with Gasteiger partial charge in [-0.3, -0.25) is 0 Å². The molecule has 4 nitrogen and oxygen atoms in total. The quantitative estimate of drug-likeness (QED) is 0.389. The van der Waals surface area contributed by atoms with Gasteiger partial charge in [-0.25, -0.2) is 0 Å². The van der Waals surface area contributed by atoms with Crippen molar-refractivity contribution in [2.45, 2.75) is 146 Å². The number of aliphatic hydroxyl groups is 1. The predicted octanol–water partition coefficient (Wildman–Crippen LogP) is 7.05. The van der Waals surface area contributed by atoms with E-state index in [4.69, 9.17) is 15.2 Å². The van der Waals surface area contributed by atoms with E-state index in [1.54, 1.807) is 0 Å². The van der Waals surface area contributed by atoms with Crippen molar-refractivity contribution >= 4 is 7.92 Å².